The zero-order valence-corrected chi connectivity index (χ0v) is 16.2. The molecule has 5 heteroatoms. The van der Waals surface area contributed by atoms with Crippen LogP contribution in [0.25, 0.3) is 10.8 Å². The van der Waals surface area contributed by atoms with Crippen molar-refractivity contribution in [2.75, 3.05) is 4.90 Å². The minimum Gasteiger partial charge on any atom is -0.422 e. The molecule has 1 saturated heterocycles. The molecule has 2 aliphatic rings. The molecule has 2 amide bonds. The SMILES string of the molecule is O=C(Oc1cccc2ccccc12)c1ccc(N2C(=O)[C@@H]3CC=CC[C@H]3C2=O)cc1. The van der Waals surface area contributed by atoms with E-state index in [0.717, 1.165) is 10.8 Å². The molecule has 1 aliphatic heterocycles. The standard InChI is InChI=1S/C25H19NO4/c27-23-20-9-3-4-10-21(20)24(28)26(23)18-14-12-17(13-15-18)25(29)30-22-11-5-7-16-6-1-2-8-19(16)22/h1-8,11-15,20-21H,9-10H2/t20-,21-/m1/s1. The number of hydrogen-bond donors (Lipinski definition) is 0. The Hall–Kier alpha value is -3.73. The van der Waals surface area contributed by atoms with Gasteiger partial charge in [-0.25, -0.2) is 4.79 Å². The molecule has 0 saturated carbocycles. The number of allylic oxidation sites excluding steroid dienone is 2. The molecule has 30 heavy (non-hydrogen) atoms. The maximum absolute atomic E-state index is 12.7. The largest absolute Gasteiger partial charge is 0.422 e. The van der Waals surface area contributed by atoms with Crippen LogP contribution in [0.3, 0.4) is 0 Å². The molecule has 148 valence electrons. The summed E-state index contributed by atoms with van der Waals surface area (Å²) in [7, 11) is 0. The van der Waals surface area contributed by atoms with Crippen LogP contribution >= 0.6 is 0 Å². The number of esters is 1. The van der Waals surface area contributed by atoms with Crippen LogP contribution in [0.15, 0.2) is 78.9 Å². The van der Waals surface area contributed by atoms with Crippen molar-refractivity contribution in [3.05, 3.63) is 84.4 Å². The first kappa shape index (κ1) is 18.3. The third-order valence-electron chi connectivity index (χ3n) is 5.82. The third-order valence-corrected chi connectivity index (χ3v) is 5.82. The monoisotopic (exact) mass is 397 g/mol. The van der Waals surface area contributed by atoms with Gasteiger partial charge in [-0.3, -0.25) is 14.5 Å². The summed E-state index contributed by atoms with van der Waals surface area (Å²) in [5.41, 5.74) is 0.839. The lowest BCUT2D eigenvalue weighted by Gasteiger charge is -2.15. The van der Waals surface area contributed by atoms with Crippen LogP contribution in [-0.2, 0) is 9.59 Å². The molecular formula is C25H19NO4. The van der Waals surface area contributed by atoms with Gasteiger partial charge in [0, 0.05) is 5.39 Å². The average Bonchev–Trinajstić information content (AvgIpc) is 3.04. The smallest absolute Gasteiger partial charge is 0.343 e. The van der Waals surface area contributed by atoms with Gasteiger partial charge in [-0.1, -0.05) is 48.6 Å². The molecule has 0 spiro atoms. The Morgan fingerprint density at radius 3 is 2.13 bits per heavy atom. The number of rotatable bonds is 3. The van der Waals surface area contributed by atoms with E-state index < -0.39 is 5.97 Å². The van der Waals surface area contributed by atoms with Crippen molar-refractivity contribution in [1.82, 2.24) is 0 Å². The van der Waals surface area contributed by atoms with Gasteiger partial charge in [0.25, 0.3) is 0 Å². The van der Waals surface area contributed by atoms with Gasteiger partial charge >= 0.3 is 5.97 Å². The van der Waals surface area contributed by atoms with Crippen LogP contribution in [0, 0.1) is 11.8 Å². The van der Waals surface area contributed by atoms with Gasteiger partial charge in [-0.15, -0.1) is 0 Å². The molecular weight excluding hydrogens is 378 g/mol. The van der Waals surface area contributed by atoms with Crippen molar-refractivity contribution < 1.29 is 19.1 Å². The van der Waals surface area contributed by atoms with Crippen molar-refractivity contribution >= 4 is 34.2 Å². The first-order valence-electron chi connectivity index (χ1n) is 9.96. The predicted octanol–water partition coefficient (Wildman–Crippen LogP) is 4.51. The molecule has 0 unspecified atom stereocenters. The number of hydrogen-bond acceptors (Lipinski definition) is 4. The summed E-state index contributed by atoms with van der Waals surface area (Å²) in [6.45, 7) is 0. The minimum absolute atomic E-state index is 0.166. The molecule has 3 aromatic rings. The van der Waals surface area contributed by atoms with E-state index in [9.17, 15) is 14.4 Å². The van der Waals surface area contributed by atoms with E-state index in [1.54, 1.807) is 30.3 Å². The molecule has 2 atom stereocenters. The minimum atomic E-state index is -0.491. The van der Waals surface area contributed by atoms with E-state index in [4.69, 9.17) is 4.74 Å². The lowest BCUT2D eigenvalue weighted by atomic mass is 9.85. The van der Waals surface area contributed by atoms with E-state index in [2.05, 4.69) is 0 Å². The maximum Gasteiger partial charge on any atom is 0.343 e. The van der Waals surface area contributed by atoms with Crippen LogP contribution < -0.4 is 9.64 Å². The first-order chi connectivity index (χ1) is 14.6. The second-order valence-corrected chi connectivity index (χ2v) is 7.58. The molecule has 5 nitrogen and oxygen atoms in total. The summed E-state index contributed by atoms with van der Waals surface area (Å²) in [5, 5.41) is 1.84. The van der Waals surface area contributed by atoms with Gasteiger partial charge < -0.3 is 4.74 Å². The summed E-state index contributed by atoms with van der Waals surface area (Å²) < 4.78 is 5.60. The van der Waals surface area contributed by atoms with Gasteiger partial charge in [0.2, 0.25) is 11.8 Å². The number of anilines is 1. The number of nitrogens with zero attached hydrogens (tertiary/aromatic N) is 1. The lowest BCUT2D eigenvalue weighted by molar-refractivity contribution is -0.122. The third kappa shape index (κ3) is 2.99. The summed E-state index contributed by atoms with van der Waals surface area (Å²) in [5.74, 6) is -0.892. The second-order valence-electron chi connectivity index (χ2n) is 7.58. The number of imide groups is 1. The molecule has 1 aliphatic carbocycles. The van der Waals surface area contributed by atoms with Gasteiger partial charge in [-0.2, -0.15) is 0 Å². The predicted molar refractivity (Wildman–Crippen MR) is 113 cm³/mol. The molecule has 0 N–H and O–H groups in total. The number of ether oxygens (including phenoxy) is 1. The molecule has 1 fully saturated rings. The highest BCUT2D eigenvalue weighted by Gasteiger charge is 2.47. The summed E-state index contributed by atoms with van der Waals surface area (Å²) in [6.07, 6.45) is 5.12. The summed E-state index contributed by atoms with van der Waals surface area (Å²) in [4.78, 5) is 39.3. The summed E-state index contributed by atoms with van der Waals surface area (Å²) >= 11 is 0. The highest BCUT2D eigenvalue weighted by molar-refractivity contribution is 6.22. The Balaban J connectivity index is 1.37. The van der Waals surface area contributed by atoms with E-state index in [1.165, 1.54) is 4.90 Å². The zero-order valence-electron chi connectivity index (χ0n) is 16.2. The van der Waals surface area contributed by atoms with Crippen molar-refractivity contribution in [1.29, 1.82) is 0 Å². The quantitative estimate of drug-likeness (QED) is 0.282. The normalized spacial score (nSPS) is 20.5. The van der Waals surface area contributed by atoms with Crippen LogP contribution in [0.4, 0.5) is 5.69 Å². The zero-order chi connectivity index (χ0) is 20.7. The Morgan fingerprint density at radius 1 is 0.800 bits per heavy atom. The Morgan fingerprint density at radius 2 is 1.43 bits per heavy atom. The highest BCUT2D eigenvalue weighted by atomic mass is 16.5. The van der Waals surface area contributed by atoms with E-state index in [1.807, 2.05) is 48.6 Å². The number of carbonyl (C=O) groups excluding carboxylic acids is 3. The van der Waals surface area contributed by atoms with E-state index >= 15 is 0 Å². The van der Waals surface area contributed by atoms with Crippen molar-refractivity contribution in [2.45, 2.75) is 12.8 Å². The van der Waals surface area contributed by atoms with Crippen LogP contribution in [-0.4, -0.2) is 17.8 Å². The first-order valence-corrected chi connectivity index (χ1v) is 9.96. The van der Waals surface area contributed by atoms with Gasteiger partial charge in [-0.05, 0) is 48.6 Å². The maximum atomic E-state index is 12.7. The fraction of sp³-hybridized carbons (Fsp3) is 0.160. The van der Waals surface area contributed by atoms with Crippen molar-refractivity contribution in [2.24, 2.45) is 11.8 Å². The molecule has 5 rings (SSSR count). The highest BCUT2D eigenvalue weighted by Crippen LogP contribution is 2.37. The lowest BCUT2D eigenvalue weighted by Crippen LogP contribution is -2.30. The van der Waals surface area contributed by atoms with Gasteiger partial charge in [0.15, 0.2) is 0 Å². The van der Waals surface area contributed by atoms with E-state index in [-0.39, 0.29) is 23.7 Å². The van der Waals surface area contributed by atoms with Gasteiger partial charge in [0.05, 0.1) is 23.1 Å². The fourth-order valence-corrected chi connectivity index (χ4v) is 4.24. The molecule has 0 radical (unpaired) electrons. The molecule has 0 bridgehead atoms. The molecule has 0 aromatic heterocycles. The van der Waals surface area contributed by atoms with Crippen LogP contribution in [0.2, 0.25) is 0 Å². The Bertz CT molecular complexity index is 1160. The number of carbonyl (C=O) groups is 3. The Kier molecular flexibility index (Phi) is 4.43. The van der Waals surface area contributed by atoms with Crippen molar-refractivity contribution in [3.63, 3.8) is 0 Å². The second kappa shape index (κ2) is 7.26. The van der Waals surface area contributed by atoms with E-state index in [0.29, 0.717) is 29.8 Å². The number of benzene rings is 3. The number of fused-ring (bicyclic) bond motifs is 2. The van der Waals surface area contributed by atoms with Gasteiger partial charge in [0.1, 0.15) is 5.75 Å². The molecule has 1 heterocycles. The fourth-order valence-electron chi connectivity index (χ4n) is 4.24. The Labute approximate surface area is 173 Å². The van der Waals surface area contributed by atoms with Crippen LogP contribution in [0.1, 0.15) is 23.2 Å². The average molecular weight is 397 g/mol. The topological polar surface area (TPSA) is 63.7 Å². The summed E-state index contributed by atoms with van der Waals surface area (Å²) in [6, 6.07) is 19.7. The number of amides is 2. The molecule has 3 aromatic carbocycles. The van der Waals surface area contributed by atoms with Crippen LogP contribution in [0.5, 0.6) is 5.75 Å². The van der Waals surface area contributed by atoms with Crippen molar-refractivity contribution in [3.8, 4) is 5.75 Å².